The van der Waals surface area contributed by atoms with Crippen LogP contribution in [0.15, 0.2) is 0 Å². The number of likely N-dealkylation sites (N-methyl/N-ethyl adjacent to an activating group) is 1. The lowest BCUT2D eigenvalue weighted by Crippen LogP contribution is -2.49. The van der Waals surface area contributed by atoms with Crippen LogP contribution in [0.5, 0.6) is 0 Å². The molecule has 0 atom stereocenters. The maximum absolute atomic E-state index is 5.13. The monoisotopic (exact) mass is 157 g/mol. The van der Waals surface area contributed by atoms with Gasteiger partial charge in [-0.15, -0.1) is 0 Å². The van der Waals surface area contributed by atoms with Crippen molar-refractivity contribution in [2.75, 3.05) is 26.8 Å². The minimum Gasteiger partial charge on any atom is -0.378 e. The molecule has 2 nitrogen and oxygen atoms in total. The molecule has 0 aromatic rings. The van der Waals surface area contributed by atoms with Crippen molar-refractivity contribution in [3.63, 3.8) is 0 Å². The number of hydrogen-bond acceptors (Lipinski definition) is 2. The summed E-state index contributed by atoms with van der Waals surface area (Å²) >= 11 is 0. The Morgan fingerprint density at radius 2 is 1.91 bits per heavy atom. The Kier molecular flexibility index (Phi) is 2.55. The maximum atomic E-state index is 5.13. The third kappa shape index (κ3) is 2.80. The minimum absolute atomic E-state index is 0.407. The normalized spacial score (nSPS) is 20.5. The van der Waals surface area contributed by atoms with Crippen LogP contribution in [-0.2, 0) is 4.74 Å². The Labute approximate surface area is 69.5 Å². The molecule has 1 saturated heterocycles. The predicted molar refractivity (Wildman–Crippen MR) is 46.7 cm³/mol. The van der Waals surface area contributed by atoms with E-state index in [9.17, 15) is 0 Å². The summed E-state index contributed by atoms with van der Waals surface area (Å²) in [6.07, 6.45) is 0. The molecule has 1 aliphatic heterocycles. The average molecular weight is 157 g/mol. The second kappa shape index (κ2) is 3.11. The van der Waals surface area contributed by atoms with Gasteiger partial charge in [-0.05, 0) is 12.5 Å². The molecule has 0 aromatic heterocycles. The number of ether oxygens (including phenoxy) is 1. The zero-order chi connectivity index (χ0) is 8.48. The van der Waals surface area contributed by atoms with E-state index in [0.717, 1.165) is 19.8 Å². The van der Waals surface area contributed by atoms with Gasteiger partial charge in [-0.2, -0.15) is 0 Å². The van der Waals surface area contributed by atoms with Gasteiger partial charge in [0.2, 0.25) is 0 Å². The minimum atomic E-state index is 0.407. The number of hydrogen-bond donors (Lipinski definition) is 0. The molecule has 0 N–H and O–H groups in total. The number of rotatable bonds is 2. The van der Waals surface area contributed by atoms with Crippen LogP contribution in [-0.4, -0.2) is 37.7 Å². The highest BCUT2D eigenvalue weighted by atomic mass is 16.5. The summed E-state index contributed by atoms with van der Waals surface area (Å²) < 4.78 is 5.13. The molecule has 66 valence electrons. The Balaban J connectivity index is 2.24. The molecule has 1 fully saturated rings. The zero-order valence-electron chi connectivity index (χ0n) is 8.05. The molecule has 1 heterocycles. The number of nitrogens with zero attached hydrogens (tertiary/aromatic N) is 1. The van der Waals surface area contributed by atoms with Crippen LogP contribution in [0.1, 0.15) is 20.8 Å². The van der Waals surface area contributed by atoms with Gasteiger partial charge in [-0.25, -0.2) is 0 Å². The van der Waals surface area contributed by atoms with Crippen molar-refractivity contribution in [1.82, 2.24) is 4.90 Å². The van der Waals surface area contributed by atoms with Gasteiger partial charge in [-0.1, -0.05) is 20.8 Å². The highest BCUT2D eigenvalue weighted by molar-refractivity contribution is 4.78. The van der Waals surface area contributed by atoms with Crippen molar-refractivity contribution in [1.29, 1.82) is 0 Å². The van der Waals surface area contributed by atoms with E-state index in [1.807, 2.05) is 0 Å². The topological polar surface area (TPSA) is 12.5 Å². The second-order valence-corrected chi connectivity index (χ2v) is 4.67. The second-order valence-electron chi connectivity index (χ2n) is 4.67. The van der Waals surface area contributed by atoms with Gasteiger partial charge in [-0.3, -0.25) is 4.90 Å². The molecule has 0 aromatic carbocycles. The molecule has 11 heavy (non-hydrogen) atoms. The molecule has 1 rings (SSSR count). The highest BCUT2D eigenvalue weighted by Gasteiger charge is 2.25. The summed E-state index contributed by atoms with van der Waals surface area (Å²) in [5.74, 6) is 0. The van der Waals surface area contributed by atoms with E-state index in [4.69, 9.17) is 4.74 Å². The fourth-order valence-electron chi connectivity index (χ4n) is 1.36. The first-order chi connectivity index (χ1) is 4.99. The van der Waals surface area contributed by atoms with Crippen LogP contribution in [0.25, 0.3) is 0 Å². The van der Waals surface area contributed by atoms with E-state index in [1.165, 1.54) is 0 Å². The Morgan fingerprint density at radius 1 is 1.36 bits per heavy atom. The lowest BCUT2D eigenvalue weighted by Gasteiger charge is -2.38. The van der Waals surface area contributed by atoms with Gasteiger partial charge in [0.1, 0.15) is 0 Å². The van der Waals surface area contributed by atoms with Gasteiger partial charge < -0.3 is 4.74 Å². The highest BCUT2D eigenvalue weighted by Crippen LogP contribution is 2.18. The van der Waals surface area contributed by atoms with Crippen molar-refractivity contribution in [2.24, 2.45) is 5.41 Å². The van der Waals surface area contributed by atoms with Crippen molar-refractivity contribution < 1.29 is 4.74 Å². The van der Waals surface area contributed by atoms with Crippen molar-refractivity contribution in [3.8, 4) is 0 Å². The zero-order valence-corrected chi connectivity index (χ0v) is 8.05. The predicted octanol–water partition coefficient (Wildman–Crippen LogP) is 1.36. The lowest BCUT2D eigenvalue weighted by molar-refractivity contribution is -0.0634. The molecule has 0 unspecified atom stereocenters. The molecule has 0 aliphatic carbocycles. The molecule has 0 spiro atoms. The third-order valence-corrected chi connectivity index (χ3v) is 1.97. The van der Waals surface area contributed by atoms with Crippen molar-refractivity contribution in [3.05, 3.63) is 0 Å². The van der Waals surface area contributed by atoms with E-state index in [-0.39, 0.29) is 0 Å². The van der Waals surface area contributed by atoms with Gasteiger partial charge >= 0.3 is 0 Å². The molecule has 0 amide bonds. The van der Waals surface area contributed by atoms with E-state index in [1.54, 1.807) is 0 Å². The average Bonchev–Trinajstić information content (AvgIpc) is 1.50. The summed E-state index contributed by atoms with van der Waals surface area (Å²) in [6, 6.07) is 0.675. The summed E-state index contributed by atoms with van der Waals surface area (Å²) in [4.78, 5) is 2.39. The third-order valence-electron chi connectivity index (χ3n) is 1.97. The Bertz CT molecular complexity index is 124. The van der Waals surface area contributed by atoms with Crippen LogP contribution in [0.4, 0.5) is 0 Å². The standard InChI is InChI=1S/C9H19NO/c1-9(2,3)7-10(4)8-5-11-6-8/h8H,5-7H2,1-4H3. The van der Waals surface area contributed by atoms with E-state index in [0.29, 0.717) is 11.5 Å². The summed E-state index contributed by atoms with van der Waals surface area (Å²) in [5.41, 5.74) is 0.407. The molecule has 0 radical (unpaired) electrons. The van der Waals surface area contributed by atoms with Gasteiger partial charge in [0, 0.05) is 6.54 Å². The first-order valence-electron chi connectivity index (χ1n) is 4.27. The first kappa shape index (κ1) is 9.01. The van der Waals surface area contributed by atoms with E-state index in [2.05, 4.69) is 32.7 Å². The largest absolute Gasteiger partial charge is 0.378 e. The summed E-state index contributed by atoms with van der Waals surface area (Å²) in [5, 5.41) is 0. The summed E-state index contributed by atoms with van der Waals surface area (Å²) in [6.45, 7) is 9.80. The summed E-state index contributed by atoms with van der Waals surface area (Å²) in [7, 11) is 2.18. The van der Waals surface area contributed by atoms with Gasteiger partial charge in [0.05, 0.1) is 19.3 Å². The fourth-order valence-corrected chi connectivity index (χ4v) is 1.36. The van der Waals surface area contributed by atoms with E-state index >= 15 is 0 Å². The maximum Gasteiger partial charge on any atom is 0.0645 e. The van der Waals surface area contributed by atoms with Crippen LogP contribution in [0, 0.1) is 5.41 Å². The smallest absolute Gasteiger partial charge is 0.0645 e. The lowest BCUT2D eigenvalue weighted by atomic mass is 9.95. The fraction of sp³-hybridized carbons (Fsp3) is 1.00. The van der Waals surface area contributed by atoms with Gasteiger partial charge in [0.15, 0.2) is 0 Å². The molecule has 0 saturated carbocycles. The molecular weight excluding hydrogens is 138 g/mol. The van der Waals surface area contributed by atoms with Crippen LogP contribution in [0.3, 0.4) is 0 Å². The van der Waals surface area contributed by atoms with Crippen LogP contribution < -0.4 is 0 Å². The Hall–Kier alpha value is -0.0800. The molecule has 2 heteroatoms. The van der Waals surface area contributed by atoms with Crippen molar-refractivity contribution in [2.45, 2.75) is 26.8 Å². The quantitative estimate of drug-likeness (QED) is 0.600. The van der Waals surface area contributed by atoms with Gasteiger partial charge in [0.25, 0.3) is 0 Å². The Morgan fingerprint density at radius 3 is 2.18 bits per heavy atom. The molecular formula is C9H19NO. The van der Waals surface area contributed by atoms with E-state index < -0.39 is 0 Å². The molecule has 0 bridgehead atoms. The van der Waals surface area contributed by atoms with Crippen LogP contribution >= 0.6 is 0 Å². The molecule has 1 aliphatic rings. The van der Waals surface area contributed by atoms with Crippen LogP contribution in [0.2, 0.25) is 0 Å². The first-order valence-corrected chi connectivity index (χ1v) is 4.27. The van der Waals surface area contributed by atoms with Crippen molar-refractivity contribution >= 4 is 0 Å². The SMILES string of the molecule is CN(CC(C)(C)C)C1COC1.